The van der Waals surface area contributed by atoms with Gasteiger partial charge in [-0.3, -0.25) is 0 Å². The van der Waals surface area contributed by atoms with E-state index < -0.39 is 0 Å². The predicted molar refractivity (Wildman–Crippen MR) is 79.1 cm³/mol. The average molecular weight is 245 g/mol. The summed E-state index contributed by atoms with van der Waals surface area (Å²) >= 11 is 0. The molecule has 0 spiro atoms. The fraction of sp³-hybridized carbons (Fsp3) is 0.647. The molecular formula is C17H27N. The molecule has 2 atom stereocenters. The Morgan fingerprint density at radius 2 is 1.83 bits per heavy atom. The van der Waals surface area contributed by atoms with Crippen LogP contribution in [0.4, 0.5) is 0 Å². The molecule has 0 bridgehead atoms. The average Bonchev–Trinajstić information content (AvgIpc) is 2.35. The van der Waals surface area contributed by atoms with E-state index in [0.29, 0.717) is 11.5 Å². The maximum absolute atomic E-state index is 3.52. The van der Waals surface area contributed by atoms with E-state index >= 15 is 0 Å². The van der Waals surface area contributed by atoms with E-state index in [4.69, 9.17) is 0 Å². The molecule has 2 unspecified atom stereocenters. The van der Waals surface area contributed by atoms with Crippen LogP contribution in [0, 0.1) is 19.3 Å². The minimum absolute atomic E-state index is 0.469. The lowest BCUT2D eigenvalue weighted by atomic mass is 9.52. The largest absolute Gasteiger partial charge is 0.316 e. The standard InChI is InChI=1S/C17H27N/c1-6-17(7-2)15(11-16(17)18-5)14-9-8-12(3)13(4)10-14/h8-10,15-16,18H,6-7,11H2,1-5H3. The molecule has 0 radical (unpaired) electrons. The highest BCUT2D eigenvalue weighted by Crippen LogP contribution is 2.57. The Morgan fingerprint density at radius 1 is 1.17 bits per heavy atom. The summed E-state index contributed by atoms with van der Waals surface area (Å²) in [7, 11) is 2.11. The van der Waals surface area contributed by atoms with Gasteiger partial charge < -0.3 is 5.32 Å². The molecule has 0 amide bonds. The molecule has 0 saturated heterocycles. The first-order valence-corrected chi connectivity index (χ1v) is 7.33. The van der Waals surface area contributed by atoms with Gasteiger partial charge in [0.25, 0.3) is 0 Å². The van der Waals surface area contributed by atoms with Gasteiger partial charge >= 0.3 is 0 Å². The fourth-order valence-corrected chi connectivity index (χ4v) is 3.88. The summed E-state index contributed by atoms with van der Waals surface area (Å²) in [6.45, 7) is 9.12. The second-order valence-corrected chi connectivity index (χ2v) is 5.91. The van der Waals surface area contributed by atoms with Crippen LogP contribution in [-0.2, 0) is 0 Å². The molecule has 0 aliphatic heterocycles. The van der Waals surface area contributed by atoms with Gasteiger partial charge in [0.2, 0.25) is 0 Å². The van der Waals surface area contributed by atoms with E-state index in [-0.39, 0.29) is 0 Å². The minimum Gasteiger partial charge on any atom is -0.316 e. The van der Waals surface area contributed by atoms with Crippen molar-refractivity contribution in [1.82, 2.24) is 5.32 Å². The minimum atomic E-state index is 0.469. The number of hydrogen-bond acceptors (Lipinski definition) is 1. The van der Waals surface area contributed by atoms with Gasteiger partial charge in [-0.15, -0.1) is 0 Å². The summed E-state index contributed by atoms with van der Waals surface area (Å²) in [6.07, 6.45) is 3.83. The Labute approximate surface area is 112 Å². The summed E-state index contributed by atoms with van der Waals surface area (Å²) in [5.41, 5.74) is 4.85. The first-order chi connectivity index (χ1) is 8.58. The SMILES string of the molecule is CCC1(CC)C(NC)CC1c1ccc(C)c(C)c1. The number of benzene rings is 1. The zero-order valence-corrected chi connectivity index (χ0v) is 12.5. The van der Waals surface area contributed by atoms with Gasteiger partial charge in [-0.2, -0.15) is 0 Å². The van der Waals surface area contributed by atoms with E-state index in [1.165, 1.54) is 30.4 Å². The van der Waals surface area contributed by atoms with Crippen molar-refractivity contribution in [1.29, 1.82) is 0 Å². The molecule has 1 saturated carbocycles. The molecule has 1 fully saturated rings. The molecule has 1 heteroatoms. The van der Waals surface area contributed by atoms with E-state index in [1.807, 2.05) is 0 Å². The van der Waals surface area contributed by atoms with Crippen molar-refractivity contribution in [2.45, 2.75) is 58.9 Å². The van der Waals surface area contributed by atoms with Crippen molar-refractivity contribution >= 4 is 0 Å². The summed E-state index contributed by atoms with van der Waals surface area (Å²) in [6, 6.07) is 7.73. The summed E-state index contributed by atoms with van der Waals surface area (Å²) in [5.74, 6) is 0.740. The molecule has 1 aromatic rings. The van der Waals surface area contributed by atoms with E-state index in [2.05, 4.69) is 58.3 Å². The Morgan fingerprint density at radius 3 is 2.33 bits per heavy atom. The lowest BCUT2D eigenvalue weighted by Crippen LogP contribution is -2.57. The molecule has 0 aromatic heterocycles. The molecule has 1 aromatic carbocycles. The lowest BCUT2D eigenvalue weighted by Gasteiger charge is -2.56. The summed E-state index contributed by atoms with van der Waals surface area (Å²) in [4.78, 5) is 0. The van der Waals surface area contributed by atoms with Crippen LogP contribution >= 0.6 is 0 Å². The molecule has 18 heavy (non-hydrogen) atoms. The normalized spacial score (nSPS) is 25.8. The van der Waals surface area contributed by atoms with Gasteiger partial charge in [-0.05, 0) is 68.2 Å². The molecule has 1 N–H and O–H groups in total. The number of nitrogens with one attached hydrogen (secondary N) is 1. The highest BCUT2D eigenvalue weighted by molar-refractivity contribution is 5.35. The third kappa shape index (κ3) is 1.89. The first kappa shape index (κ1) is 13.6. The van der Waals surface area contributed by atoms with Gasteiger partial charge in [0.15, 0.2) is 0 Å². The zero-order chi connectivity index (χ0) is 13.3. The van der Waals surface area contributed by atoms with Crippen molar-refractivity contribution in [2.75, 3.05) is 7.05 Å². The number of rotatable bonds is 4. The lowest BCUT2D eigenvalue weighted by molar-refractivity contribution is 0.0245. The van der Waals surface area contributed by atoms with Crippen molar-refractivity contribution in [3.63, 3.8) is 0 Å². The molecule has 0 heterocycles. The molecule has 1 aliphatic rings. The topological polar surface area (TPSA) is 12.0 Å². The monoisotopic (exact) mass is 245 g/mol. The zero-order valence-electron chi connectivity index (χ0n) is 12.5. The van der Waals surface area contributed by atoms with Gasteiger partial charge in [0.1, 0.15) is 0 Å². The van der Waals surface area contributed by atoms with Gasteiger partial charge in [-0.25, -0.2) is 0 Å². The Balaban J connectivity index is 2.31. The Hall–Kier alpha value is -0.820. The maximum Gasteiger partial charge on any atom is 0.0132 e. The molecular weight excluding hydrogens is 218 g/mol. The van der Waals surface area contributed by atoms with Crippen molar-refractivity contribution < 1.29 is 0 Å². The Bertz CT molecular complexity index is 418. The van der Waals surface area contributed by atoms with Crippen LogP contribution < -0.4 is 5.32 Å². The maximum atomic E-state index is 3.52. The van der Waals surface area contributed by atoms with Crippen molar-refractivity contribution in [3.8, 4) is 0 Å². The molecule has 1 nitrogen and oxygen atoms in total. The van der Waals surface area contributed by atoms with E-state index in [9.17, 15) is 0 Å². The molecule has 100 valence electrons. The smallest absolute Gasteiger partial charge is 0.0132 e. The number of hydrogen-bond donors (Lipinski definition) is 1. The Kier molecular flexibility index (Phi) is 3.82. The number of aryl methyl sites for hydroxylation is 2. The molecule has 1 aliphatic carbocycles. The van der Waals surface area contributed by atoms with Gasteiger partial charge in [0, 0.05) is 6.04 Å². The third-order valence-corrected chi connectivity index (χ3v) is 5.46. The summed E-state index contributed by atoms with van der Waals surface area (Å²) in [5, 5.41) is 3.52. The van der Waals surface area contributed by atoms with Crippen LogP contribution in [0.5, 0.6) is 0 Å². The van der Waals surface area contributed by atoms with Crippen LogP contribution in [0.3, 0.4) is 0 Å². The van der Waals surface area contributed by atoms with Crippen molar-refractivity contribution in [3.05, 3.63) is 34.9 Å². The van der Waals surface area contributed by atoms with Crippen molar-refractivity contribution in [2.24, 2.45) is 5.41 Å². The first-order valence-electron chi connectivity index (χ1n) is 7.33. The van der Waals surface area contributed by atoms with Crippen LogP contribution in [0.1, 0.15) is 55.7 Å². The van der Waals surface area contributed by atoms with Crippen LogP contribution in [0.2, 0.25) is 0 Å². The van der Waals surface area contributed by atoms with Crippen LogP contribution in [0.25, 0.3) is 0 Å². The third-order valence-electron chi connectivity index (χ3n) is 5.46. The highest BCUT2D eigenvalue weighted by atomic mass is 14.9. The van der Waals surface area contributed by atoms with Gasteiger partial charge in [0.05, 0.1) is 0 Å². The highest BCUT2D eigenvalue weighted by Gasteiger charge is 2.52. The van der Waals surface area contributed by atoms with Gasteiger partial charge in [-0.1, -0.05) is 32.0 Å². The molecule has 2 rings (SSSR count). The van der Waals surface area contributed by atoms with E-state index in [1.54, 1.807) is 5.56 Å². The van der Waals surface area contributed by atoms with Crippen LogP contribution in [0.15, 0.2) is 18.2 Å². The predicted octanol–water partition coefficient (Wildman–Crippen LogP) is 4.19. The van der Waals surface area contributed by atoms with Crippen LogP contribution in [-0.4, -0.2) is 13.1 Å². The summed E-state index contributed by atoms with van der Waals surface area (Å²) < 4.78 is 0. The quantitative estimate of drug-likeness (QED) is 0.839. The van der Waals surface area contributed by atoms with E-state index in [0.717, 1.165) is 5.92 Å². The second-order valence-electron chi connectivity index (χ2n) is 5.91. The second kappa shape index (κ2) is 5.05. The fourth-order valence-electron chi connectivity index (χ4n) is 3.88.